The average Bonchev–Trinajstić information content (AvgIpc) is 3.09. The van der Waals surface area contributed by atoms with Gasteiger partial charge in [0.05, 0.1) is 18.6 Å². The molecule has 0 bridgehead atoms. The van der Waals surface area contributed by atoms with Crippen LogP contribution in [-0.2, 0) is 25.3 Å². The molecule has 3 aliphatic rings. The zero-order valence-corrected chi connectivity index (χ0v) is 20.8. The Bertz CT molecular complexity index is 1420. The SMILES string of the molecule is COC(=O)C1CN(c2ccc3c(c2)C(C)(C)c2cc(C)ccc2C32OC(=O)c3ccc(C)cc32)C1. The Morgan fingerprint density at radius 3 is 2.17 bits per heavy atom. The molecule has 178 valence electrons. The molecule has 35 heavy (non-hydrogen) atoms. The second kappa shape index (κ2) is 7.20. The van der Waals surface area contributed by atoms with Gasteiger partial charge in [0.25, 0.3) is 0 Å². The molecule has 6 rings (SSSR count). The zero-order chi connectivity index (χ0) is 24.7. The number of rotatable bonds is 2. The highest BCUT2D eigenvalue weighted by Crippen LogP contribution is 2.57. The molecular weight excluding hydrogens is 438 g/mol. The fourth-order valence-electron chi connectivity index (χ4n) is 6.11. The van der Waals surface area contributed by atoms with Crippen molar-refractivity contribution in [1.29, 1.82) is 0 Å². The van der Waals surface area contributed by atoms with Crippen LogP contribution in [0.4, 0.5) is 5.69 Å². The largest absolute Gasteiger partial charge is 0.469 e. The molecule has 1 saturated heterocycles. The number of ether oxygens (including phenoxy) is 2. The number of carbonyl (C=O) groups excluding carboxylic acids is 2. The number of anilines is 1. The molecule has 0 amide bonds. The van der Waals surface area contributed by atoms with Crippen molar-refractivity contribution in [2.75, 3.05) is 25.1 Å². The van der Waals surface area contributed by atoms with Crippen molar-refractivity contribution in [2.24, 2.45) is 5.92 Å². The van der Waals surface area contributed by atoms with E-state index in [0.29, 0.717) is 18.7 Å². The molecule has 0 radical (unpaired) electrons. The fourth-order valence-corrected chi connectivity index (χ4v) is 6.11. The van der Waals surface area contributed by atoms with Crippen molar-refractivity contribution in [3.05, 3.63) is 99.1 Å². The average molecular weight is 468 g/mol. The van der Waals surface area contributed by atoms with Crippen LogP contribution < -0.4 is 4.90 Å². The van der Waals surface area contributed by atoms with Gasteiger partial charge < -0.3 is 14.4 Å². The molecule has 5 heteroatoms. The summed E-state index contributed by atoms with van der Waals surface area (Å²) in [6.07, 6.45) is 0. The van der Waals surface area contributed by atoms with E-state index in [1.54, 1.807) is 0 Å². The van der Waals surface area contributed by atoms with E-state index in [0.717, 1.165) is 33.5 Å². The number of nitrogens with zero attached hydrogens (tertiary/aromatic N) is 1. The summed E-state index contributed by atoms with van der Waals surface area (Å²) in [5.74, 6) is -0.540. The summed E-state index contributed by atoms with van der Waals surface area (Å²) in [6.45, 7) is 9.91. The number of hydrogen-bond acceptors (Lipinski definition) is 5. The normalized spacial score (nSPS) is 21.6. The minimum atomic E-state index is -0.978. The lowest BCUT2D eigenvalue weighted by molar-refractivity contribution is -0.146. The first-order valence-corrected chi connectivity index (χ1v) is 12.1. The van der Waals surface area contributed by atoms with Crippen molar-refractivity contribution in [3.8, 4) is 0 Å². The quantitative estimate of drug-likeness (QED) is 0.496. The fraction of sp³-hybridized carbons (Fsp3) is 0.333. The van der Waals surface area contributed by atoms with E-state index in [9.17, 15) is 9.59 Å². The molecule has 0 saturated carbocycles. The van der Waals surface area contributed by atoms with Gasteiger partial charge in [-0.05, 0) is 43.2 Å². The van der Waals surface area contributed by atoms with Crippen molar-refractivity contribution >= 4 is 17.6 Å². The number of hydrogen-bond donors (Lipinski definition) is 0. The predicted molar refractivity (Wildman–Crippen MR) is 134 cm³/mol. The van der Waals surface area contributed by atoms with Gasteiger partial charge in [-0.25, -0.2) is 4.79 Å². The number of carbonyl (C=O) groups is 2. The highest BCUT2D eigenvalue weighted by molar-refractivity contribution is 5.97. The molecule has 2 aliphatic heterocycles. The lowest BCUT2D eigenvalue weighted by Gasteiger charge is -2.46. The first-order chi connectivity index (χ1) is 16.7. The van der Waals surface area contributed by atoms with Crippen LogP contribution >= 0.6 is 0 Å². The van der Waals surface area contributed by atoms with Gasteiger partial charge in [-0.2, -0.15) is 0 Å². The maximum atomic E-state index is 13.2. The van der Waals surface area contributed by atoms with Gasteiger partial charge >= 0.3 is 11.9 Å². The Kier molecular flexibility index (Phi) is 4.51. The molecule has 0 N–H and O–H groups in total. The standard InChI is InChI=1S/C30H29NO4/c1-17-6-9-21-24(12-17)30(35-28(21)33)22-10-7-18(2)13-25(22)29(3,4)26-14-20(8-11-23(26)30)31-15-19(16-31)27(32)34-5/h6-14,19H,15-16H2,1-5H3. The number of esters is 2. The van der Waals surface area contributed by atoms with Crippen molar-refractivity contribution in [3.63, 3.8) is 0 Å². The van der Waals surface area contributed by atoms with Crippen LogP contribution in [0.2, 0.25) is 0 Å². The summed E-state index contributed by atoms with van der Waals surface area (Å²) in [7, 11) is 1.44. The Balaban J connectivity index is 1.57. The number of fused-ring (bicyclic) bond motifs is 6. The smallest absolute Gasteiger partial charge is 0.340 e. The Labute approximate surface area is 205 Å². The van der Waals surface area contributed by atoms with Gasteiger partial charge in [0, 0.05) is 40.9 Å². The lowest BCUT2D eigenvalue weighted by atomic mass is 9.61. The van der Waals surface area contributed by atoms with E-state index in [4.69, 9.17) is 9.47 Å². The third-order valence-corrected chi connectivity index (χ3v) is 8.08. The number of aryl methyl sites for hydroxylation is 2. The number of methoxy groups -OCH3 is 1. The molecule has 1 fully saturated rings. The summed E-state index contributed by atoms with van der Waals surface area (Å²) < 4.78 is 11.3. The molecule has 1 unspecified atom stereocenters. The molecule has 0 aromatic heterocycles. The Hall–Kier alpha value is -3.60. The summed E-state index contributed by atoms with van der Waals surface area (Å²) in [6, 6.07) is 18.8. The monoisotopic (exact) mass is 467 g/mol. The zero-order valence-electron chi connectivity index (χ0n) is 20.8. The van der Waals surface area contributed by atoms with E-state index in [1.807, 2.05) is 19.1 Å². The van der Waals surface area contributed by atoms with Crippen molar-refractivity contribution in [2.45, 2.75) is 38.7 Å². The molecule has 1 atom stereocenters. The van der Waals surface area contributed by atoms with Crippen LogP contribution in [0.25, 0.3) is 0 Å². The molecule has 5 nitrogen and oxygen atoms in total. The van der Waals surface area contributed by atoms with Gasteiger partial charge in [-0.1, -0.05) is 61.4 Å². The van der Waals surface area contributed by atoms with E-state index in [1.165, 1.54) is 18.2 Å². The van der Waals surface area contributed by atoms with Crippen LogP contribution in [0.1, 0.15) is 63.1 Å². The molecule has 3 aromatic rings. The Morgan fingerprint density at radius 1 is 0.886 bits per heavy atom. The maximum Gasteiger partial charge on any atom is 0.340 e. The number of benzene rings is 3. The minimum Gasteiger partial charge on any atom is -0.469 e. The van der Waals surface area contributed by atoms with Gasteiger partial charge in [0.15, 0.2) is 5.60 Å². The van der Waals surface area contributed by atoms with E-state index < -0.39 is 5.60 Å². The minimum absolute atomic E-state index is 0.0931. The Morgan fingerprint density at radius 2 is 1.49 bits per heavy atom. The summed E-state index contributed by atoms with van der Waals surface area (Å²) in [5.41, 5.74) is 7.92. The molecule has 3 aromatic carbocycles. The van der Waals surface area contributed by atoms with E-state index in [2.05, 4.69) is 68.1 Å². The van der Waals surface area contributed by atoms with Crippen LogP contribution in [-0.4, -0.2) is 32.1 Å². The van der Waals surface area contributed by atoms with Crippen LogP contribution in [0.3, 0.4) is 0 Å². The summed E-state index contributed by atoms with van der Waals surface area (Å²) in [4.78, 5) is 27.3. The molecule has 1 aliphatic carbocycles. The van der Waals surface area contributed by atoms with Crippen LogP contribution in [0, 0.1) is 19.8 Å². The first kappa shape index (κ1) is 21.9. The molecule has 1 spiro atoms. The maximum absolute atomic E-state index is 13.2. The van der Waals surface area contributed by atoms with Crippen LogP contribution in [0.15, 0.2) is 54.6 Å². The lowest BCUT2D eigenvalue weighted by Crippen LogP contribution is -2.51. The highest BCUT2D eigenvalue weighted by Gasteiger charge is 2.55. The third-order valence-electron chi connectivity index (χ3n) is 8.08. The third kappa shape index (κ3) is 2.87. The van der Waals surface area contributed by atoms with Crippen LogP contribution in [0.5, 0.6) is 0 Å². The molecule has 2 heterocycles. The van der Waals surface area contributed by atoms with Crippen molar-refractivity contribution in [1.82, 2.24) is 0 Å². The highest BCUT2D eigenvalue weighted by atomic mass is 16.6. The van der Waals surface area contributed by atoms with Gasteiger partial charge in [-0.3, -0.25) is 4.79 Å². The summed E-state index contributed by atoms with van der Waals surface area (Å²) >= 11 is 0. The van der Waals surface area contributed by atoms with E-state index in [-0.39, 0.29) is 23.3 Å². The topological polar surface area (TPSA) is 55.8 Å². The second-order valence-electron chi connectivity index (χ2n) is 10.6. The van der Waals surface area contributed by atoms with Gasteiger partial charge in [0.1, 0.15) is 0 Å². The first-order valence-electron chi connectivity index (χ1n) is 12.1. The predicted octanol–water partition coefficient (Wildman–Crippen LogP) is 5.01. The van der Waals surface area contributed by atoms with Gasteiger partial charge in [0.2, 0.25) is 0 Å². The molecular formula is C30H29NO4. The summed E-state index contributed by atoms with van der Waals surface area (Å²) in [5, 5.41) is 0. The second-order valence-corrected chi connectivity index (χ2v) is 10.6. The van der Waals surface area contributed by atoms with Gasteiger partial charge in [-0.15, -0.1) is 0 Å². The van der Waals surface area contributed by atoms with Crippen molar-refractivity contribution < 1.29 is 19.1 Å². The van der Waals surface area contributed by atoms with E-state index >= 15 is 0 Å².